The van der Waals surface area contributed by atoms with Gasteiger partial charge in [0, 0.05) is 38.2 Å². The monoisotopic (exact) mass is 381 g/mol. The summed E-state index contributed by atoms with van der Waals surface area (Å²) < 4.78 is 5.46. The van der Waals surface area contributed by atoms with Crippen molar-refractivity contribution in [3.63, 3.8) is 0 Å². The van der Waals surface area contributed by atoms with Crippen LogP contribution in [-0.2, 0) is 9.53 Å². The van der Waals surface area contributed by atoms with Gasteiger partial charge in [-0.25, -0.2) is 0 Å². The van der Waals surface area contributed by atoms with Crippen molar-refractivity contribution in [2.24, 2.45) is 23.5 Å². The van der Waals surface area contributed by atoms with Crippen molar-refractivity contribution in [1.29, 1.82) is 0 Å². The molecule has 0 bridgehead atoms. The number of halogens is 2. The van der Waals surface area contributed by atoms with Crippen LogP contribution in [0.25, 0.3) is 0 Å². The summed E-state index contributed by atoms with van der Waals surface area (Å²) in [6, 6.07) is 0.364. The maximum absolute atomic E-state index is 12.4. The van der Waals surface area contributed by atoms with E-state index in [-0.39, 0.29) is 36.6 Å². The molecule has 1 aliphatic carbocycles. The molecule has 24 heavy (non-hydrogen) atoms. The molecule has 7 heteroatoms. The van der Waals surface area contributed by atoms with E-state index in [1.165, 1.54) is 13.0 Å². The van der Waals surface area contributed by atoms with Gasteiger partial charge >= 0.3 is 0 Å². The zero-order chi connectivity index (χ0) is 15.4. The molecule has 1 saturated carbocycles. The number of nitrogens with one attached hydrogen (secondary N) is 1. The first-order valence-corrected chi connectivity index (χ1v) is 9.07. The van der Waals surface area contributed by atoms with Gasteiger partial charge in [-0.3, -0.25) is 4.79 Å². The molecule has 3 fully saturated rings. The van der Waals surface area contributed by atoms with Crippen LogP contribution >= 0.6 is 24.8 Å². The van der Waals surface area contributed by atoms with Gasteiger partial charge in [-0.2, -0.15) is 0 Å². The highest BCUT2D eigenvalue weighted by Gasteiger charge is 2.33. The number of nitrogens with two attached hydrogens (primary N) is 1. The summed E-state index contributed by atoms with van der Waals surface area (Å²) in [6.45, 7) is 5.89. The normalized spacial score (nSPS) is 31.3. The first kappa shape index (κ1) is 22.0. The zero-order valence-electron chi connectivity index (χ0n) is 14.5. The summed E-state index contributed by atoms with van der Waals surface area (Å²) in [6.07, 6.45) is 6.67. The van der Waals surface area contributed by atoms with Gasteiger partial charge < -0.3 is 20.7 Å². The van der Waals surface area contributed by atoms with Crippen LogP contribution in [0.1, 0.15) is 38.5 Å². The van der Waals surface area contributed by atoms with Crippen LogP contribution in [0.5, 0.6) is 0 Å². The van der Waals surface area contributed by atoms with Gasteiger partial charge in [0.2, 0.25) is 5.91 Å². The fourth-order valence-corrected chi connectivity index (χ4v) is 4.32. The van der Waals surface area contributed by atoms with Crippen molar-refractivity contribution < 1.29 is 9.53 Å². The Labute approximate surface area is 158 Å². The Morgan fingerprint density at radius 2 is 1.88 bits per heavy atom. The summed E-state index contributed by atoms with van der Waals surface area (Å²) in [5.41, 5.74) is 5.79. The Hall–Kier alpha value is -0.0700. The highest BCUT2D eigenvalue weighted by atomic mass is 35.5. The van der Waals surface area contributed by atoms with Gasteiger partial charge in [0.15, 0.2) is 0 Å². The van der Waals surface area contributed by atoms with E-state index >= 15 is 0 Å². The van der Waals surface area contributed by atoms with Crippen LogP contribution in [0.3, 0.4) is 0 Å². The quantitative estimate of drug-likeness (QED) is 0.761. The molecule has 2 heterocycles. The highest BCUT2D eigenvalue weighted by molar-refractivity contribution is 5.85. The molecule has 2 aliphatic heterocycles. The zero-order valence-corrected chi connectivity index (χ0v) is 16.1. The van der Waals surface area contributed by atoms with Crippen LogP contribution in [-0.4, -0.2) is 56.2 Å². The third-order valence-corrected chi connectivity index (χ3v) is 5.77. The Morgan fingerprint density at radius 1 is 1.12 bits per heavy atom. The van der Waals surface area contributed by atoms with E-state index in [0.717, 1.165) is 64.3 Å². The smallest absolute Gasteiger partial charge is 0.223 e. The van der Waals surface area contributed by atoms with Crippen molar-refractivity contribution in [3.05, 3.63) is 0 Å². The lowest BCUT2D eigenvalue weighted by Crippen LogP contribution is -2.48. The molecule has 3 rings (SSSR count). The topological polar surface area (TPSA) is 67.6 Å². The van der Waals surface area contributed by atoms with Crippen LogP contribution in [0, 0.1) is 17.8 Å². The number of hydrogen-bond donors (Lipinski definition) is 2. The number of hydrogen-bond acceptors (Lipinski definition) is 4. The summed E-state index contributed by atoms with van der Waals surface area (Å²) in [5.74, 6) is 1.55. The van der Waals surface area contributed by atoms with Gasteiger partial charge in [0.05, 0.1) is 6.61 Å². The maximum Gasteiger partial charge on any atom is 0.223 e. The van der Waals surface area contributed by atoms with Gasteiger partial charge in [-0.05, 0) is 50.5 Å². The molecule has 0 aromatic heterocycles. The molecule has 0 aromatic carbocycles. The highest BCUT2D eigenvalue weighted by Crippen LogP contribution is 2.31. The van der Waals surface area contributed by atoms with E-state index in [4.69, 9.17) is 10.5 Å². The van der Waals surface area contributed by atoms with Gasteiger partial charge in [0.25, 0.3) is 0 Å². The molecule has 0 aromatic rings. The van der Waals surface area contributed by atoms with E-state index in [2.05, 4.69) is 10.2 Å². The van der Waals surface area contributed by atoms with Crippen LogP contribution < -0.4 is 11.1 Å². The number of amides is 1. The molecule has 3 aliphatic rings. The number of piperidine rings is 1. The van der Waals surface area contributed by atoms with Crippen LogP contribution in [0.15, 0.2) is 0 Å². The minimum Gasteiger partial charge on any atom is -0.381 e. The largest absolute Gasteiger partial charge is 0.381 e. The van der Waals surface area contributed by atoms with Crippen LogP contribution in [0.4, 0.5) is 0 Å². The minimum atomic E-state index is 0. The predicted octanol–water partition coefficient (Wildman–Crippen LogP) is 1.82. The van der Waals surface area contributed by atoms with Crippen molar-refractivity contribution >= 4 is 30.7 Å². The number of likely N-dealkylation sites (tertiary alicyclic amines) is 1. The summed E-state index contributed by atoms with van der Waals surface area (Å²) in [7, 11) is 0. The number of carbonyl (C=O) groups excluding carboxylic acids is 1. The molecule has 0 radical (unpaired) electrons. The second-order valence-electron chi connectivity index (χ2n) is 7.35. The molecule has 3 N–H and O–H groups in total. The number of nitrogens with zero attached hydrogens (tertiary/aromatic N) is 1. The molecule has 1 unspecified atom stereocenters. The molecule has 1 amide bonds. The van der Waals surface area contributed by atoms with Crippen molar-refractivity contribution in [1.82, 2.24) is 10.2 Å². The summed E-state index contributed by atoms with van der Waals surface area (Å²) in [5, 5.41) is 3.29. The Balaban J connectivity index is 0.00000144. The molecular weight excluding hydrogens is 349 g/mol. The van der Waals surface area contributed by atoms with E-state index < -0.39 is 0 Å². The molecule has 0 spiro atoms. The lowest BCUT2D eigenvalue weighted by molar-refractivity contribution is -0.127. The molecule has 5 nitrogen and oxygen atoms in total. The van der Waals surface area contributed by atoms with Crippen LogP contribution in [0.2, 0.25) is 0 Å². The van der Waals surface area contributed by atoms with Gasteiger partial charge in [-0.15, -0.1) is 24.8 Å². The average Bonchev–Trinajstić information content (AvgIpc) is 3.20. The van der Waals surface area contributed by atoms with Crippen molar-refractivity contribution in [2.45, 2.75) is 44.6 Å². The summed E-state index contributed by atoms with van der Waals surface area (Å²) >= 11 is 0. The predicted molar refractivity (Wildman–Crippen MR) is 101 cm³/mol. The standard InChI is InChI=1S/C17H31N3O2.2ClH/c18-10-14-2-1-3-16(14)17(21)19-15-4-7-20(8-5-15)11-13-6-9-22-12-13;;/h13-16H,1-12,18H2,(H,19,21);2*1H/t13?,14-,16-;;/m1../s1. The first-order valence-electron chi connectivity index (χ1n) is 9.07. The SMILES string of the molecule is Cl.Cl.NC[C@H]1CCC[C@H]1C(=O)NC1CCN(CC2CCOC2)CC1. The number of rotatable bonds is 5. The Kier molecular flexibility index (Phi) is 9.90. The minimum absolute atomic E-state index is 0. The first-order chi connectivity index (χ1) is 10.8. The second-order valence-corrected chi connectivity index (χ2v) is 7.35. The lowest BCUT2D eigenvalue weighted by Gasteiger charge is -2.34. The number of ether oxygens (including phenoxy) is 1. The van der Waals surface area contributed by atoms with Crippen molar-refractivity contribution in [3.8, 4) is 0 Å². The fraction of sp³-hybridized carbons (Fsp3) is 0.941. The Morgan fingerprint density at radius 3 is 2.50 bits per heavy atom. The van der Waals surface area contributed by atoms with Gasteiger partial charge in [0.1, 0.15) is 0 Å². The second kappa shape index (κ2) is 10.8. The van der Waals surface area contributed by atoms with E-state index in [9.17, 15) is 4.79 Å². The van der Waals surface area contributed by atoms with Crippen molar-refractivity contribution in [2.75, 3.05) is 39.4 Å². The average molecular weight is 382 g/mol. The maximum atomic E-state index is 12.4. The molecular formula is C17H33Cl2N3O2. The van der Waals surface area contributed by atoms with E-state index in [0.29, 0.717) is 18.5 Å². The van der Waals surface area contributed by atoms with E-state index in [1.54, 1.807) is 0 Å². The Bertz CT molecular complexity index is 373. The molecule has 142 valence electrons. The molecule has 3 atom stereocenters. The van der Waals surface area contributed by atoms with Gasteiger partial charge in [-0.1, -0.05) is 6.42 Å². The lowest BCUT2D eigenvalue weighted by atomic mass is 9.94. The third-order valence-electron chi connectivity index (χ3n) is 5.77. The van der Waals surface area contributed by atoms with E-state index in [1.807, 2.05) is 0 Å². The fourth-order valence-electron chi connectivity index (χ4n) is 4.32. The summed E-state index contributed by atoms with van der Waals surface area (Å²) in [4.78, 5) is 15.0. The third kappa shape index (κ3) is 5.73. The molecule has 2 saturated heterocycles. The number of carbonyl (C=O) groups is 1.